The zero-order valence-electron chi connectivity index (χ0n) is 14.4. The molecule has 130 valence electrons. The van der Waals surface area contributed by atoms with Gasteiger partial charge in [0, 0.05) is 28.0 Å². The number of ether oxygens (including phenoxy) is 2. The van der Waals surface area contributed by atoms with E-state index < -0.39 is 0 Å². The van der Waals surface area contributed by atoms with E-state index in [1.165, 1.54) is 0 Å². The summed E-state index contributed by atoms with van der Waals surface area (Å²) in [6, 6.07) is 9.67. The molecule has 5 heteroatoms. The molecule has 0 N–H and O–H groups in total. The average molecular weight is 348 g/mol. The molecule has 5 rings (SSSR count). The number of furan rings is 1. The fourth-order valence-electron chi connectivity index (χ4n) is 3.40. The summed E-state index contributed by atoms with van der Waals surface area (Å²) in [6.07, 6.45) is 1.72. The third-order valence-corrected chi connectivity index (χ3v) is 5.00. The van der Waals surface area contributed by atoms with E-state index in [0.717, 1.165) is 39.0 Å². The van der Waals surface area contributed by atoms with Crippen LogP contribution in [0.5, 0.6) is 11.5 Å². The minimum atomic E-state index is -0.312. The van der Waals surface area contributed by atoms with Gasteiger partial charge in [0.15, 0.2) is 11.5 Å². The van der Waals surface area contributed by atoms with Crippen LogP contribution in [0, 0.1) is 13.8 Å². The van der Waals surface area contributed by atoms with Gasteiger partial charge in [-0.15, -0.1) is 0 Å². The van der Waals surface area contributed by atoms with E-state index >= 15 is 0 Å². The molecule has 3 heterocycles. The predicted molar refractivity (Wildman–Crippen MR) is 98.2 cm³/mol. The van der Waals surface area contributed by atoms with Crippen LogP contribution in [0.1, 0.15) is 11.1 Å². The Kier molecular flexibility index (Phi) is 3.13. The third-order valence-electron chi connectivity index (χ3n) is 5.00. The molecule has 0 saturated carbocycles. The average Bonchev–Trinajstić information content (AvgIpc) is 3.07. The first-order valence-corrected chi connectivity index (χ1v) is 8.47. The van der Waals surface area contributed by atoms with Crippen LogP contribution < -0.4 is 15.1 Å². The molecule has 0 saturated heterocycles. The molecule has 26 heavy (non-hydrogen) atoms. The molecule has 0 spiro atoms. The molecule has 1 aliphatic rings. The summed E-state index contributed by atoms with van der Waals surface area (Å²) in [4.78, 5) is 11.9. The van der Waals surface area contributed by atoms with Crippen LogP contribution in [0.3, 0.4) is 0 Å². The number of fused-ring (bicyclic) bond motifs is 3. The van der Waals surface area contributed by atoms with Crippen LogP contribution in [0.15, 0.2) is 50.2 Å². The lowest BCUT2D eigenvalue weighted by molar-refractivity contribution is 0.171. The van der Waals surface area contributed by atoms with Crippen molar-refractivity contribution < 1.29 is 18.3 Å². The Morgan fingerprint density at radius 2 is 1.65 bits per heavy atom. The van der Waals surface area contributed by atoms with Crippen LogP contribution in [-0.4, -0.2) is 13.2 Å². The van der Waals surface area contributed by atoms with Crippen molar-refractivity contribution >= 4 is 21.9 Å². The summed E-state index contributed by atoms with van der Waals surface area (Å²) >= 11 is 0. The highest BCUT2D eigenvalue weighted by Crippen LogP contribution is 2.39. The molecule has 0 unspecified atom stereocenters. The van der Waals surface area contributed by atoms with Gasteiger partial charge >= 0.3 is 5.63 Å². The van der Waals surface area contributed by atoms with Gasteiger partial charge in [-0.3, -0.25) is 0 Å². The lowest BCUT2D eigenvalue weighted by Gasteiger charge is -2.18. The number of benzene rings is 2. The maximum atomic E-state index is 11.9. The van der Waals surface area contributed by atoms with Crippen molar-refractivity contribution in [2.24, 2.45) is 0 Å². The standard InChI is InChI=1S/C21H16O5/c1-11-12(2)21(22)26-19-9-18-15(8-14(11)19)16(10-25-18)13-3-4-17-20(7-13)24-6-5-23-17/h3-4,7-10H,5-6H2,1-2H3. The second-order valence-electron chi connectivity index (χ2n) is 6.49. The Labute approximate surface area is 148 Å². The molecule has 2 aromatic heterocycles. The number of rotatable bonds is 1. The summed E-state index contributed by atoms with van der Waals surface area (Å²) in [6.45, 7) is 4.83. The fraction of sp³-hybridized carbons (Fsp3) is 0.190. The topological polar surface area (TPSA) is 61.8 Å². The van der Waals surface area contributed by atoms with Gasteiger partial charge in [0.25, 0.3) is 0 Å². The van der Waals surface area contributed by atoms with Gasteiger partial charge in [-0.2, -0.15) is 0 Å². The summed E-state index contributed by atoms with van der Waals surface area (Å²) in [5.74, 6) is 1.49. The smallest absolute Gasteiger partial charge is 0.339 e. The minimum Gasteiger partial charge on any atom is -0.486 e. The minimum absolute atomic E-state index is 0.312. The quantitative estimate of drug-likeness (QED) is 0.471. The van der Waals surface area contributed by atoms with Crippen LogP contribution in [0.25, 0.3) is 33.1 Å². The Hall–Kier alpha value is -3.21. The Balaban J connectivity index is 1.75. The first-order valence-electron chi connectivity index (χ1n) is 8.47. The molecule has 0 fully saturated rings. The molecule has 0 atom stereocenters. The van der Waals surface area contributed by atoms with E-state index in [4.69, 9.17) is 18.3 Å². The molecule has 0 bridgehead atoms. The number of hydrogen-bond donors (Lipinski definition) is 0. The van der Waals surface area contributed by atoms with E-state index in [-0.39, 0.29) is 5.63 Å². The summed E-state index contributed by atoms with van der Waals surface area (Å²) in [7, 11) is 0. The van der Waals surface area contributed by atoms with E-state index in [0.29, 0.717) is 29.9 Å². The van der Waals surface area contributed by atoms with Gasteiger partial charge < -0.3 is 18.3 Å². The van der Waals surface area contributed by atoms with Crippen LogP contribution in [-0.2, 0) is 0 Å². The third kappa shape index (κ3) is 2.13. The highest BCUT2D eigenvalue weighted by molar-refractivity contribution is 6.02. The maximum absolute atomic E-state index is 11.9. The zero-order valence-corrected chi connectivity index (χ0v) is 14.4. The Morgan fingerprint density at radius 1 is 0.846 bits per heavy atom. The van der Waals surface area contributed by atoms with E-state index in [9.17, 15) is 4.79 Å². The van der Waals surface area contributed by atoms with Gasteiger partial charge in [-0.05, 0) is 43.2 Å². The molecular weight excluding hydrogens is 332 g/mol. The van der Waals surface area contributed by atoms with Crippen molar-refractivity contribution in [3.05, 3.63) is 58.1 Å². The number of hydrogen-bond acceptors (Lipinski definition) is 5. The second-order valence-corrected chi connectivity index (χ2v) is 6.49. The molecule has 4 aromatic rings. The van der Waals surface area contributed by atoms with Gasteiger partial charge in [0.05, 0.1) is 6.26 Å². The van der Waals surface area contributed by atoms with Crippen molar-refractivity contribution in [2.45, 2.75) is 13.8 Å². The fourth-order valence-corrected chi connectivity index (χ4v) is 3.40. The van der Waals surface area contributed by atoms with E-state index in [1.54, 1.807) is 19.3 Å². The zero-order chi connectivity index (χ0) is 17.8. The summed E-state index contributed by atoms with van der Waals surface area (Å²) < 4.78 is 22.4. The molecule has 2 aromatic carbocycles. The van der Waals surface area contributed by atoms with Gasteiger partial charge in [0.2, 0.25) is 0 Å². The Bertz CT molecular complexity index is 1230. The van der Waals surface area contributed by atoms with Crippen molar-refractivity contribution in [1.82, 2.24) is 0 Å². The molecule has 5 nitrogen and oxygen atoms in total. The summed E-state index contributed by atoms with van der Waals surface area (Å²) in [5.41, 5.74) is 4.39. The Morgan fingerprint density at radius 3 is 2.50 bits per heavy atom. The maximum Gasteiger partial charge on any atom is 0.339 e. The number of aryl methyl sites for hydroxylation is 1. The van der Waals surface area contributed by atoms with Crippen LogP contribution in [0.4, 0.5) is 0 Å². The molecule has 0 amide bonds. The molecule has 0 radical (unpaired) electrons. The van der Waals surface area contributed by atoms with Crippen molar-refractivity contribution in [1.29, 1.82) is 0 Å². The molecule has 1 aliphatic heterocycles. The summed E-state index contributed by atoms with van der Waals surface area (Å²) in [5, 5.41) is 1.88. The second kappa shape index (κ2) is 5.39. The first-order chi connectivity index (χ1) is 12.6. The lowest BCUT2D eigenvalue weighted by atomic mass is 10.0. The largest absolute Gasteiger partial charge is 0.486 e. The van der Waals surface area contributed by atoms with Gasteiger partial charge in [-0.1, -0.05) is 6.07 Å². The van der Waals surface area contributed by atoms with Gasteiger partial charge in [-0.25, -0.2) is 4.79 Å². The first kappa shape index (κ1) is 15.1. The molecule has 0 aliphatic carbocycles. The van der Waals surface area contributed by atoms with Crippen molar-refractivity contribution in [3.8, 4) is 22.6 Å². The van der Waals surface area contributed by atoms with Crippen molar-refractivity contribution in [2.75, 3.05) is 13.2 Å². The normalized spacial score (nSPS) is 13.5. The van der Waals surface area contributed by atoms with Crippen LogP contribution in [0.2, 0.25) is 0 Å². The van der Waals surface area contributed by atoms with E-state index in [2.05, 4.69) is 0 Å². The van der Waals surface area contributed by atoms with Crippen molar-refractivity contribution in [3.63, 3.8) is 0 Å². The van der Waals surface area contributed by atoms with E-state index in [1.807, 2.05) is 31.2 Å². The molecular formula is C21H16O5. The lowest BCUT2D eigenvalue weighted by Crippen LogP contribution is -2.15. The SMILES string of the molecule is Cc1c(C)c2cc3c(-c4ccc5c(c4)OCCO5)coc3cc2oc1=O. The van der Waals surface area contributed by atoms with Gasteiger partial charge in [0.1, 0.15) is 24.4 Å². The predicted octanol–water partition coefficient (Wildman–Crippen LogP) is 4.59. The monoisotopic (exact) mass is 348 g/mol. The van der Waals surface area contributed by atoms with Crippen LogP contribution >= 0.6 is 0 Å². The highest BCUT2D eigenvalue weighted by atomic mass is 16.6. The highest BCUT2D eigenvalue weighted by Gasteiger charge is 2.17.